The fraction of sp³-hybridized carbons (Fsp3) is 0.805. The number of rotatable bonds is 19. The Morgan fingerprint density at radius 3 is 1.93 bits per heavy atom. The van der Waals surface area contributed by atoms with Crippen LogP contribution in [0.2, 0.25) is 0 Å². The van der Waals surface area contributed by atoms with Gasteiger partial charge in [-0.15, -0.1) is 0 Å². The molecule has 3 heterocycles. The summed E-state index contributed by atoms with van der Waals surface area (Å²) in [5.74, 6) is -4.64. The molecule has 18 nitrogen and oxygen atoms in total. The maximum atomic E-state index is 14.4. The maximum absolute atomic E-state index is 14.4. The summed E-state index contributed by atoms with van der Waals surface area (Å²) < 4.78 is 0. The van der Waals surface area contributed by atoms with Gasteiger partial charge in [0.2, 0.25) is 41.4 Å². The molecule has 7 N–H and O–H groups in total. The van der Waals surface area contributed by atoms with Gasteiger partial charge in [-0.2, -0.15) is 0 Å². The molecule has 7 atom stereocenters. The number of piperazine rings is 1. The van der Waals surface area contributed by atoms with E-state index in [1.807, 2.05) is 6.92 Å². The average Bonchev–Trinajstić information content (AvgIpc) is 3.73. The van der Waals surface area contributed by atoms with Gasteiger partial charge in [-0.1, -0.05) is 46.0 Å². The number of hydrogen-bond acceptors (Lipinski definition) is 10. The van der Waals surface area contributed by atoms with Crippen molar-refractivity contribution in [3.8, 4) is 0 Å². The summed E-state index contributed by atoms with van der Waals surface area (Å²) in [5.41, 5.74) is 0. The van der Waals surface area contributed by atoms with Gasteiger partial charge in [-0.05, 0) is 63.7 Å². The lowest BCUT2D eigenvalue weighted by molar-refractivity contribution is -0.149. The Kier molecular flexibility index (Phi) is 18.8. The number of carboxylic acids is 1. The minimum absolute atomic E-state index is 0.0146. The van der Waals surface area contributed by atoms with E-state index in [2.05, 4.69) is 33.5 Å². The first-order valence-electron chi connectivity index (χ1n) is 21.9. The summed E-state index contributed by atoms with van der Waals surface area (Å²) in [5, 5.41) is 33.9. The van der Waals surface area contributed by atoms with Crippen LogP contribution in [0.4, 0.5) is 0 Å². The Labute approximate surface area is 347 Å². The fourth-order valence-corrected chi connectivity index (χ4v) is 8.84. The van der Waals surface area contributed by atoms with Gasteiger partial charge in [0.25, 0.3) is 0 Å². The van der Waals surface area contributed by atoms with Crippen molar-refractivity contribution in [3.63, 3.8) is 0 Å². The molecule has 0 aromatic rings. The molecular weight excluding hydrogens is 764 g/mol. The van der Waals surface area contributed by atoms with E-state index in [4.69, 9.17) is 0 Å². The monoisotopic (exact) mass is 833 g/mol. The van der Waals surface area contributed by atoms with Crippen LogP contribution in [-0.4, -0.2) is 154 Å². The number of likely N-dealkylation sites (tertiary alicyclic amines) is 2. The van der Waals surface area contributed by atoms with Crippen molar-refractivity contribution in [1.82, 2.24) is 41.3 Å². The summed E-state index contributed by atoms with van der Waals surface area (Å²) in [7, 11) is 0. The van der Waals surface area contributed by atoms with Gasteiger partial charge in [0, 0.05) is 58.7 Å². The van der Waals surface area contributed by atoms with Crippen LogP contribution in [0.3, 0.4) is 0 Å². The summed E-state index contributed by atoms with van der Waals surface area (Å²) in [6.07, 6.45) is 6.39. The van der Waals surface area contributed by atoms with E-state index >= 15 is 0 Å². The molecule has 4 aliphatic rings. The first-order valence-corrected chi connectivity index (χ1v) is 21.9. The molecule has 0 unspecified atom stereocenters. The second-order valence-electron chi connectivity index (χ2n) is 16.8. The highest BCUT2D eigenvalue weighted by molar-refractivity contribution is 5.98. The molecule has 18 heteroatoms. The maximum Gasteiger partial charge on any atom is 0.305 e. The topological polar surface area (TPSA) is 247 Å². The van der Waals surface area contributed by atoms with Gasteiger partial charge < -0.3 is 51.5 Å². The number of carbonyl (C=O) groups is 8. The summed E-state index contributed by atoms with van der Waals surface area (Å²) >= 11 is 0. The van der Waals surface area contributed by atoms with Crippen LogP contribution in [-0.2, 0) is 38.4 Å². The molecule has 0 bridgehead atoms. The average molecular weight is 833 g/mol. The van der Waals surface area contributed by atoms with E-state index < -0.39 is 78.2 Å². The molecule has 3 aliphatic heterocycles. The largest absolute Gasteiger partial charge is 0.481 e. The van der Waals surface area contributed by atoms with Gasteiger partial charge in [-0.25, -0.2) is 0 Å². The predicted molar refractivity (Wildman–Crippen MR) is 216 cm³/mol. The summed E-state index contributed by atoms with van der Waals surface area (Å²) in [6, 6.07) is -6.13. The van der Waals surface area contributed by atoms with E-state index in [1.54, 1.807) is 4.90 Å². The van der Waals surface area contributed by atoms with E-state index in [1.165, 1.54) is 23.1 Å². The highest BCUT2D eigenvalue weighted by Gasteiger charge is 2.42. The van der Waals surface area contributed by atoms with Crippen LogP contribution < -0.4 is 26.6 Å². The Morgan fingerprint density at radius 1 is 0.712 bits per heavy atom. The lowest BCUT2D eigenvalue weighted by Crippen LogP contribution is -2.61. The predicted octanol–water partition coefficient (Wildman–Crippen LogP) is 0.0131. The highest BCUT2D eigenvalue weighted by Crippen LogP contribution is 2.31. The van der Waals surface area contributed by atoms with Crippen LogP contribution >= 0.6 is 0 Å². The summed E-state index contributed by atoms with van der Waals surface area (Å²) in [4.78, 5) is 112. The number of carboxylic acid groups (broad SMARTS) is 1. The number of piperidine rings is 1. The highest BCUT2D eigenvalue weighted by atomic mass is 16.4. The Bertz CT molecular complexity index is 1480. The summed E-state index contributed by atoms with van der Waals surface area (Å²) in [6.45, 7) is 8.25. The van der Waals surface area contributed by atoms with Crippen LogP contribution in [0.1, 0.15) is 117 Å². The lowest BCUT2D eigenvalue weighted by atomic mass is 9.79. The molecule has 1 aliphatic carbocycles. The zero-order valence-electron chi connectivity index (χ0n) is 35.2. The molecule has 3 saturated heterocycles. The first-order chi connectivity index (χ1) is 28.2. The molecule has 1 saturated carbocycles. The molecule has 4 fully saturated rings. The Balaban J connectivity index is 1.48. The van der Waals surface area contributed by atoms with Gasteiger partial charge in [0.15, 0.2) is 0 Å². The Morgan fingerprint density at radius 2 is 1.31 bits per heavy atom. The third-order valence-corrected chi connectivity index (χ3v) is 12.2. The van der Waals surface area contributed by atoms with Crippen molar-refractivity contribution >= 4 is 47.3 Å². The van der Waals surface area contributed by atoms with E-state index in [-0.39, 0.29) is 62.9 Å². The Hall–Kier alpha value is -4.32. The lowest BCUT2D eigenvalue weighted by Gasteiger charge is -2.38. The number of aliphatic hydroxyl groups excluding tert-OH is 1. The van der Waals surface area contributed by atoms with E-state index in [0.29, 0.717) is 64.3 Å². The van der Waals surface area contributed by atoms with Crippen molar-refractivity contribution in [1.29, 1.82) is 0 Å². The standard InChI is InChI=1S/C41H68N8O10/c1-4-17-43-39(57)36(27(3)50)46-38(56)32-14-10-21-49(32)41(59)30(25-35(53)54)45-37(55)31-13-8-9-20-48(31)40(58)29(15-16-34(52)47-22-18-42-19-23-47)44-33(51)24-26(2)28-11-6-5-7-12-28/h26-32,36,42,50H,4-25H2,1-3H3,(H,43,57)(H,44,51)(H,45,55)(H,46,56)(H,53,54)/t26-,27+,29-,30-,31-,32-,36-/m0/s1. The first kappa shape index (κ1) is 47.4. The molecule has 59 heavy (non-hydrogen) atoms. The minimum Gasteiger partial charge on any atom is -0.481 e. The third-order valence-electron chi connectivity index (χ3n) is 12.2. The smallest absolute Gasteiger partial charge is 0.305 e. The zero-order chi connectivity index (χ0) is 43.1. The van der Waals surface area contributed by atoms with Crippen LogP contribution in [0.5, 0.6) is 0 Å². The van der Waals surface area contributed by atoms with Gasteiger partial charge in [-0.3, -0.25) is 38.4 Å². The normalized spacial score (nSPS) is 22.6. The molecule has 7 amide bonds. The quantitative estimate of drug-likeness (QED) is 0.0914. The molecule has 332 valence electrons. The molecule has 4 rings (SSSR count). The molecule has 0 aromatic carbocycles. The SMILES string of the molecule is CCCNC(=O)[C@@H](NC(=O)[C@@H]1CCCN1C(=O)[C@H](CC(=O)O)NC(=O)[C@@H]1CCCCN1C(=O)[C@H](CCC(=O)N1CCNCC1)NC(=O)C[C@H](C)C1CCCCC1)[C@@H](C)O. The molecule has 0 spiro atoms. The van der Waals surface area contributed by atoms with Crippen molar-refractivity contribution in [2.75, 3.05) is 45.8 Å². The van der Waals surface area contributed by atoms with Gasteiger partial charge in [0.1, 0.15) is 30.2 Å². The fourth-order valence-electron chi connectivity index (χ4n) is 8.84. The van der Waals surface area contributed by atoms with Crippen molar-refractivity contribution in [3.05, 3.63) is 0 Å². The van der Waals surface area contributed by atoms with E-state index in [0.717, 1.165) is 25.7 Å². The second-order valence-corrected chi connectivity index (χ2v) is 16.8. The van der Waals surface area contributed by atoms with Crippen molar-refractivity contribution in [2.45, 2.75) is 153 Å². The number of nitrogens with one attached hydrogen (secondary N) is 5. The van der Waals surface area contributed by atoms with Crippen LogP contribution in [0, 0.1) is 11.8 Å². The molecule has 0 aromatic heterocycles. The van der Waals surface area contributed by atoms with Crippen molar-refractivity contribution in [2.24, 2.45) is 11.8 Å². The zero-order valence-corrected chi connectivity index (χ0v) is 35.2. The number of nitrogens with zero attached hydrogens (tertiary/aromatic N) is 3. The van der Waals surface area contributed by atoms with Crippen molar-refractivity contribution < 1.29 is 48.6 Å². The number of amides is 7. The minimum atomic E-state index is -1.58. The van der Waals surface area contributed by atoms with E-state index in [9.17, 15) is 48.6 Å². The number of carbonyl (C=O) groups excluding carboxylic acids is 7. The number of aliphatic carboxylic acids is 1. The molecule has 0 radical (unpaired) electrons. The second kappa shape index (κ2) is 23.5. The van der Waals surface area contributed by atoms with Gasteiger partial charge >= 0.3 is 5.97 Å². The third kappa shape index (κ3) is 13.9. The van der Waals surface area contributed by atoms with Gasteiger partial charge in [0.05, 0.1) is 12.5 Å². The van der Waals surface area contributed by atoms with Crippen LogP contribution in [0.15, 0.2) is 0 Å². The van der Waals surface area contributed by atoms with Crippen LogP contribution in [0.25, 0.3) is 0 Å². The molecular formula is C41H68N8O10. The number of aliphatic hydroxyl groups is 1. The number of hydrogen-bond donors (Lipinski definition) is 7.